The topological polar surface area (TPSA) is 85.8 Å². The maximum Gasteiger partial charge on any atom is 0.234 e. The summed E-state index contributed by atoms with van der Waals surface area (Å²) < 4.78 is 8.88. The predicted octanol–water partition coefficient (Wildman–Crippen LogP) is 4.44. The number of nitrogens with one attached hydrogen (secondary N) is 1. The monoisotopic (exact) mass is 464 g/mol. The molecule has 0 bridgehead atoms. The number of amides is 1. The molecule has 5 rings (SSSR count). The van der Waals surface area contributed by atoms with Gasteiger partial charge in [-0.3, -0.25) is 9.20 Å². The Balaban J connectivity index is 1.36. The molecule has 32 heavy (non-hydrogen) atoms. The Kier molecular flexibility index (Phi) is 5.42. The van der Waals surface area contributed by atoms with Crippen LogP contribution in [0, 0.1) is 0 Å². The number of nitrogens with zero attached hydrogens (tertiary/aromatic N) is 5. The third-order valence-electron chi connectivity index (χ3n) is 4.84. The highest BCUT2D eigenvalue weighted by atomic mass is 35.5. The Hall–Kier alpha value is -3.56. The molecule has 8 nitrogen and oxygen atoms in total. The van der Waals surface area contributed by atoms with Crippen molar-refractivity contribution in [1.29, 1.82) is 0 Å². The van der Waals surface area contributed by atoms with Crippen LogP contribution in [-0.4, -0.2) is 43.0 Å². The Morgan fingerprint density at radius 1 is 1.12 bits per heavy atom. The highest BCUT2D eigenvalue weighted by Gasteiger charge is 2.15. The second-order valence-electron chi connectivity index (χ2n) is 6.88. The number of methoxy groups -OCH3 is 1. The van der Waals surface area contributed by atoms with Gasteiger partial charge in [0.25, 0.3) is 0 Å². The van der Waals surface area contributed by atoms with Gasteiger partial charge >= 0.3 is 0 Å². The molecule has 0 saturated carbocycles. The number of carbonyl (C=O) groups is 1. The molecule has 10 heteroatoms. The van der Waals surface area contributed by atoms with E-state index in [2.05, 4.69) is 20.6 Å². The smallest absolute Gasteiger partial charge is 0.234 e. The molecule has 0 aliphatic rings. The van der Waals surface area contributed by atoms with Gasteiger partial charge in [0.1, 0.15) is 11.3 Å². The van der Waals surface area contributed by atoms with Crippen molar-refractivity contribution in [2.24, 2.45) is 0 Å². The summed E-state index contributed by atoms with van der Waals surface area (Å²) in [7, 11) is 1.57. The van der Waals surface area contributed by atoms with Crippen LogP contribution in [0.1, 0.15) is 0 Å². The van der Waals surface area contributed by atoms with Gasteiger partial charge < -0.3 is 10.1 Å². The molecular formula is C22H17ClN6O2S. The van der Waals surface area contributed by atoms with Crippen molar-refractivity contribution in [1.82, 2.24) is 24.2 Å². The molecule has 1 N–H and O–H groups in total. The van der Waals surface area contributed by atoms with E-state index in [0.717, 1.165) is 16.8 Å². The van der Waals surface area contributed by atoms with Crippen molar-refractivity contribution < 1.29 is 9.53 Å². The number of halogens is 1. The highest BCUT2D eigenvalue weighted by molar-refractivity contribution is 7.99. The van der Waals surface area contributed by atoms with Crippen LogP contribution >= 0.6 is 23.4 Å². The molecule has 0 radical (unpaired) electrons. The van der Waals surface area contributed by atoms with Gasteiger partial charge in [-0.15, -0.1) is 10.2 Å². The van der Waals surface area contributed by atoms with Crippen LogP contribution in [0.5, 0.6) is 5.75 Å². The zero-order chi connectivity index (χ0) is 22.1. The maximum absolute atomic E-state index is 12.4. The molecule has 160 valence electrons. The number of hydrogen-bond acceptors (Lipinski definition) is 6. The van der Waals surface area contributed by atoms with Crippen LogP contribution in [0.3, 0.4) is 0 Å². The van der Waals surface area contributed by atoms with Crippen molar-refractivity contribution in [2.45, 2.75) is 5.16 Å². The van der Waals surface area contributed by atoms with Crippen molar-refractivity contribution in [2.75, 3.05) is 18.2 Å². The van der Waals surface area contributed by atoms with Gasteiger partial charge in [-0.05, 0) is 30.3 Å². The number of carbonyl (C=O) groups excluding carboxylic acids is 1. The zero-order valence-corrected chi connectivity index (χ0v) is 18.5. The first kappa shape index (κ1) is 20.3. The minimum Gasteiger partial charge on any atom is -0.495 e. The third kappa shape index (κ3) is 3.88. The molecule has 2 aromatic carbocycles. The molecule has 0 atom stereocenters. The van der Waals surface area contributed by atoms with Crippen molar-refractivity contribution in [3.05, 3.63) is 72.0 Å². The van der Waals surface area contributed by atoms with Gasteiger partial charge in [-0.2, -0.15) is 5.10 Å². The Labute approximate surface area is 192 Å². The first-order valence-electron chi connectivity index (χ1n) is 9.67. The minimum absolute atomic E-state index is 0.160. The van der Waals surface area contributed by atoms with Crippen LogP contribution in [0.15, 0.2) is 72.1 Å². The molecule has 0 spiro atoms. The fraction of sp³-hybridized carbons (Fsp3) is 0.0909. The Morgan fingerprint density at radius 3 is 2.75 bits per heavy atom. The van der Waals surface area contributed by atoms with Gasteiger partial charge in [-0.1, -0.05) is 47.6 Å². The van der Waals surface area contributed by atoms with Gasteiger partial charge in [0.15, 0.2) is 10.8 Å². The van der Waals surface area contributed by atoms with E-state index in [1.54, 1.807) is 23.8 Å². The van der Waals surface area contributed by atoms with Crippen LogP contribution in [-0.2, 0) is 4.79 Å². The number of fused-ring (bicyclic) bond motifs is 3. The summed E-state index contributed by atoms with van der Waals surface area (Å²) in [5.74, 6) is 0.629. The summed E-state index contributed by atoms with van der Waals surface area (Å²) >= 11 is 7.29. The molecule has 5 aromatic rings. The molecule has 0 aliphatic heterocycles. The first-order chi connectivity index (χ1) is 15.6. The van der Waals surface area contributed by atoms with Crippen LogP contribution in [0.2, 0.25) is 5.02 Å². The second kappa shape index (κ2) is 8.52. The standard InChI is InChI=1S/C22H17ClN6O2S/c1-31-19-5-3-2-4-16(19)24-20(30)13-32-22-26-25-21-18-12-17(14-6-8-15(23)9-7-14)27-29(18)11-10-28(21)22/h2-12H,13H2,1H3,(H,24,30). The lowest BCUT2D eigenvalue weighted by Crippen LogP contribution is -2.14. The van der Waals surface area contributed by atoms with Gasteiger partial charge in [0, 0.05) is 23.0 Å². The van der Waals surface area contributed by atoms with Crippen molar-refractivity contribution in [3.63, 3.8) is 0 Å². The number of hydrogen-bond donors (Lipinski definition) is 1. The zero-order valence-electron chi connectivity index (χ0n) is 16.9. The molecule has 0 saturated heterocycles. The normalized spacial score (nSPS) is 11.2. The molecule has 3 aromatic heterocycles. The number of para-hydroxylation sites is 2. The van der Waals surface area contributed by atoms with Gasteiger partial charge in [0.05, 0.1) is 24.2 Å². The summed E-state index contributed by atoms with van der Waals surface area (Å²) in [5, 5.41) is 17.4. The average Bonchev–Trinajstić information content (AvgIpc) is 3.42. The predicted molar refractivity (Wildman–Crippen MR) is 125 cm³/mol. The van der Waals surface area contributed by atoms with Gasteiger partial charge in [-0.25, -0.2) is 4.52 Å². The lowest BCUT2D eigenvalue weighted by molar-refractivity contribution is -0.113. The number of rotatable bonds is 6. The quantitative estimate of drug-likeness (QED) is 0.374. The summed E-state index contributed by atoms with van der Waals surface area (Å²) in [4.78, 5) is 12.4. The van der Waals surface area contributed by atoms with E-state index in [1.165, 1.54) is 11.8 Å². The van der Waals surface area contributed by atoms with E-state index in [-0.39, 0.29) is 11.7 Å². The molecule has 0 fully saturated rings. The largest absolute Gasteiger partial charge is 0.495 e. The lowest BCUT2D eigenvalue weighted by atomic mass is 10.1. The van der Waals surface area contributed by atoms with Crippen LogP contribution < -0.4 is 10.1 Å². The minimum atomic E-state index is -0.160. The number of aromatic nitrogens is 5. The number of thioether (sulfide) groups is 1. The van der Waals surface area contributed by atoms with E-state index in [9.17, 15) is 4.79 Å². The summed E-state index contributed by atoms with van der Waals surface area (Å²) in [6.45, 7) is 0. The Bertz CT molecular complexity index is 1430. The highest BCUT2D eigenvalue weighted by Crippen LogP contribution is 2.26. The van der Waals surface area contributed by atoms with E-state index in [1.807, 2.05) is 59.3 Å². The maximum atomic E-state index is 12.4. The first-order valence-corrected chi connectivity index (χ1v) is 11.0. The van der Waals surface area contributed by atoms with Crippen molar-refractivity contribution >= 4 is 46.1 Å². The van der Waals surface area contributed by atoms with Crippen LogP contribution in [0.4, 0.5) is 5.69 Å². The summed E-state index contributed by atoms with van der Waals surface area (Å²) in [6.07, 6.45) is 3.67. The second-order valence-corrected chi connectivity index (χ2v) is 8.26. The van der Waals surface area contributed by atoms with E-state index >= 15 is 0 Å². The lowest BCUT2D eigenvalue weighted by Gasteiger charge is -2.09. The SMILES string of the molecule is COc1ccccc1NC(=O)CSc1nnc2c3cc(-c4ccc(Cl)cc4)nn3ccn12. The molecular weight excluding hydrogens is 448 g/mol. The molecule has 0 unspecified atom stereocenters. The molecule has 0 aliphatic carbocycles. The molecule has 3 heterocycles. The number of benzene rings is 2. The van der Waals surface area contributed by atoms with Crippen LogP contribution in [0.25, 0.3) is 22.4 Å². The van der Waals surface area contributed by atoms with Gasteiger partial charge in [0.2, 0.25) is 5.91 Å². The van der Waals surface area contributed by atoms with E-state index in [0.29, 0.717) is 27.3 Å². The fourth-order valence-corrected chi connectivity index (χ4v) is 4.16. The average molecular weight is 465 g/mol. The molecule has 1 amide bonds. The number of ether oxygens (including phenoxy) is 1. The number of anilines is 1. The Morgan fingerprint density at radius 2 is 1.94 bits per heavy atom. The third-order valence-corrected chi connectivity index (χ3v) is 6.03. The summed E-state index contributed by atoms with van der Waals surface area (Å²) in [5.41, 5.74) is 3.87. The fourth-order valence-electron chi connectivity index (χ4n) is 3.32. The van der Waals surface area contributed by atoms with Crippen molar-refractivity contribution in [3.8, 4) is 17.0 Å². The van der Waals surface area contributed by atoms with E-state index in [4.69, 9.17) is 16.3 Å². The summed E-state index contributed by atoms with van der Waals surface area (Å²) in [6, 6.07) is 16.7. The van der Waals surface area contributed by atoms with E-state index < -0.39 is 0 Å².